The summed E-state index contributed by atoms with van der Waals surface area (Å²) in [7, 11) is 3.38. The van der Waals surface area contributed by atoms with Crippen LogP contribution in [0.15, 0.2) is 6.07 Å². The minimum absolute atomic E-state index is 0.0203. The van der Waals surface area contributed by atoms with Crippen LogP contribution >= 0.6 is 11.3 Å². The number of rotatable bonds is 4. The minimum atomic E-state index is -0.175. The Hall–Kier alpha value is -1.35. The lowest BCUT2D eigenvalue weighted by molar-refractivity contribution is 0.0638. The van der Waals surface area contributed by atoms with Gasteiger partial charge in [0.1, 0.15) is 6.61 Å². The van der Waals surface area contributed by atoms with E-state index in [9.17, 15) is 4.79 Å². The summed E-state index contributed by atoms with van der Waals surface area (Å²) in [5.74, 6) is 5.42. The van der Waals surface area contributed by atoms with E-state index in [1.165, 1.54) is 11.3 Å². The molecule has 0 aliphatic carbocycles. The summed E-state index contributed by atoms with van der Waals surface area (Å²) in [5, 5.41) is 8.70. The molecule has 5 heteroatoms. The fraction of sp³-hybridized carbons (Fsp3) is 0.500. The van der Waals surface area contributed by atoms with E-state index in [1.54, 1.807) is 19.1 Å². The van der Waals surface area contributed by atoms with Crippen molar-refractivity contribution in [3.8, 4) is 11.8 Å². The number of methoxy groups -OCH3 is 1. The van der Waals surface area contributed by atoms with E-state index < -0.39 is 0 Å². The molecule has 4 nitrogen and oxygen atoms in total. The molecule has 1 aromatic rings. The molecule has 0 aliphatic rings. The predicted molar refractivity (Wildman–Crippen MR) is 76.5 cm³/mol. The molecule has 0 fully saturated rings. The molecule has 1 amide bonds. The highest BCUT2D eigenvalue weighted by Gasteiger charge is 2.19. The molecular weight excluding hydrogens is 262 g/mol. The zero-order valence-corrected chi connectivity index (χ0v) is 12.5. The first-order valence-electron chi connectivity index (χ1n) is 5.97. The lowest BCUT2D eigenvalue weighted by atomic mass is 10.2. The third-order valence-electron chi connectivity index (χ3n) is 2.80. The van der Waals surface area contributed by atoms with Gasteiger partial charge in [0.25, 0.3) is 5.91 Å². The van der Waals surface area contributed by atoms with Gasteiger partial charge in [-0.25, -0.2) is 0 Å². The Balaban J connectivity index is 2.88. The Labute approximate surface area is 118 Å². The standard InChI is InChI=1S/C14H19NO3S/c1-10-8-13(19-12(10)6-5-7-16)14(17)15(3)11(2)9-18-4/h8,11,16H,7,9H2,1-4H3. The van der Waals surface area contributed by atoms with E-state index in [4.69, 9.17) is 9.84 Å². The molecule has 0 aliphatic heterocycles. The van der Waals surface area contributed by atoms with Crippen molar-refractivity contribution in [1.29, 1.82) is 0 Å². The molecule has 0 saturated carbocycles. The van der Waals surface area contributed by atoms with E-state index in [0.717, 1.165) is 10.4 Å². The predicted octanol–water partition coefficient (Wildman–Crippen LogP) is 1.51. The number of nitrogens with zero attached hydrogens (tertiary/aromatic N) is 1. The van der Waals surface area contributed by atoms with Crippen LogP contribution in [0.4, 0.5) is 0 Å². The highest BCUT2D eigenvalue weighted by atomic mass is 32.1. The monoisotopic (exact) mass is 281 g/mol. The number of aliphatic hydroxyl groups is 1. The first-order chi connectivity index (χ1) is 9.01. The van der Waals surface area contributed by atoms with Gasteiger partial charge in [-0.2, -0.15) is 0 Å². The summed E-state index contributed by atoms with van der Waals surface area (Å²) in [5.41, 5.74) is 0.960. The average Bonchev–Trinajstić information content (AvgIpc) is 2.76. The second-order valence-corrected chi connectivity index (χ2v) is 5.36. The Morgan fingerprint density at radius 2 is 2.32 bits per heavy atom. The van der Waals surface area contributed by atoms with Gasteiger partial charge in [0, 0.05) is 14.2 Å². The molecule has 104 valence electrons. The Kier molecular flexibility index (Phi) is 6.03. The molecule has 1 atom stereocenters. The summed E-state index contributed by atoms with van der Waals surface area (Å²) in [4.78, 5) is 15.4. The van der Waals surface area contributed by atoms with Crippen LogP contribution in [0.3, 0.4) is 0 Å². The number of carbonyl (C=O) groups excluding carboxylic acids is 1. The van der Waals surface area contributed by atoms with E-state index in [-0.39, 0.29) is 18.6 Å². The van der Waals surface area contributed by atoms with Crippen molar-refractivity contribution in [2.45, 2.75) is 19.9 Å². The van der Waals surface area contributed by atoms with Gasteiger partial charge in [-0.05, 0) is 25.5 Å². The summed E-state index contributed by atoms with van der Waals surface area (Å²) in [6, 6.07) is 1.86. The second kappa shape index (κ2) is 7.29. The van der Waals surface area contributed by atoms with Crippen LogP contribution in [0.5, 0.6) is 0 Å². The van der Waals surface area contributed by atoms with Crippen molar-refractivity contribution in [2.24, 2.45) is 0 Å². The van der Waals surface area contributed by atoms with Crippen LogP contribution < -0.4 is 0 Å². The number of likely N-dealkylation sites (N-methyl/N-ethyl adjacent to an activating group) is 1. The second-order valence-electron chi connectivity index (χ2n) is 4.30. The Morgan fingerprint density at radius 3 is 2.89 bits per heavy atom. The van der Waals surface area contributed by atoms with Crippen LogP contribution in [-0.4, -0.2) is 49.3 Å². The topological polar surface area (TPSA) is 49.8 Å². The van der Waals surface area contributed by atoms with Crippen LogP contribution in [0.1, 0.15) is 27.0 Å². The molecule has 1 N–H and O–H groups in total. The van der Waals surface area contributed by atoms with Gasteiger partial charge >= 0.3 is 0 Å². The van der Waals surface area contributed by atoms with Crippen LogP contribution in [0, 0.1) is 18.8 Å². The van der Waals surface area contributed by atoms with Gasteiger partial charge in [0.2, 0.25) is 0 Å². The molecule has 0 radical (unpaired) electrons. The number of thiophene rings is 1. The third-order valence-corrected chi connectivity index (χ3v) is 3.94. The molecule has 1 rings (SSSR count). The van der Waals surface area contributed by atoms with E-state index >= 15 is 0 Å². The van der Waals surface area contributed by atoms with Crippen molar-refractivity contribution in [3.05, 3.63) is 21.4 Å². The van der Waals surface area contributed by atoms with Crippen molar-refractivity contribution in [3.63, 3.8) is 0 Å². The zero-order chi connectivity index (χ0) is 14.4. The quantitative estimate of drug-likeness (QED) is 0.851. The maximum Gasteiger partial charge on any atom is 0.264 e. The largest absolute Gasteiger partial charge is 0.384 e. The lowest BCUT2D eigenvalue weighted by Crippen LogP contribution is -2.37. The van der Waals surface area contributed by atoms with Crippen molar-refractivity contribution in [2.75, 3.05) is 27.4 Å². The molecule has 0 spiro atoms. The van der Waals surface area contributed by atoms with Gasteiger partial charge in [0.15, 0.2) is 0 Å². The smallest absolute Gasteiger partial charge is 0.264 e. The maximum atomic E-state index is 12.3. The number of hydrogen-bond donors (Lipinski definition) is 1. The Morgan fingerprint density at radius 1 is 1.63 bits per heavy atom. The Bertz CT molecular complexity index is 499. The van der Waals surface area contributed by atoms with Gasteiger partial charge in [-0.1, -0.05) is 11.8 Å². The first kappa shape index (κ1) is 15.7. The van der Waals surface area contributed by atoms with Crippen LogP contribution in [-0.2, 0) is 4.74 Å². The normalized spacial score (nSPS) is 11.6. The number of carbonyl (C=O) groups is 1. The number of ether oxygens (including phenoxy) is 1. The van der Waals surface area contributed by atoms with Gasteiger partial charge in [-0.15, -0.1) is 11.3 Å². The number of aliphatic hydroxyl groups excluding tert-OH is 1. The number of aryl methyl sites for hydroxylation is 1. The molecule has 0 bridgehead atoms. The van der Waals surface area contributed by atoms with E-state index in [0.29, 0.717) is 11.5 Å². The molecule has 1 aromatic heterocycles. The van der Waals surface area contributed by atoms with Gasteiger partial charge in [-0.3, -0.25) is 4.79 Å². The van der Waals surface area contributed by atoms with Crippen molar-refractivity contribution in [1.82, 2.24) is 4.90 Å². The maximum absolute atomic E-state index is 12.3. The fourth-order valence-electron chi connectivity index (χ4n) is 1.56. The molecule has 19 heavy (non-hydrogen) atoms. The third kappa shape index (κ3) is 4.06. The van der Waals surface area contributed by atoms with Crippen LogP contribution in [0.25, 0.3) is 0 Å². The fourth-order valence-corrected chi connectivity index (χ4v) is 2.59. The highest BCUT2D eigenvalue weighted by Crippen LogP contribution is 2.22. The summed E-state index contributed by atoms with van der Waals surface area (Å²) >= 11 is 1.35. The first-order valence-corrected chi connectivity index (χ1v) is 6.79. The van der Waals surface area contributed by atoms with Gasteiger partial charge < -0.3 is 14.7 Å². The SMILES string of the molecule is COCC(C)N(C)C(=O)c1cc(C)c(C#CCO)s1. The zero-order valence-electron chi connectivity index (χ0n) is 11.7. The van der Waals surface area contributed by atoms with Gasteiger partial charge in [0.05, 0.1) is 22.4 Å². The highest BCUT2D eigenvalue weighted by molar-refractivity contribution is 7.14. The molecule has 1 unspecified atom stereocenters. The van der Waals surface area contributed by atoms with Crippen molar-refractivity contribution < 1.29 is 14.6 Å². The molecule has 1 heterocycles. The average molecular weight is 281 g/mol. The van der Waals surface area contributed by atoms with Crippen LogP contribution in [0.2, 0.25) is 0 Å². The number of amides is 1. The van der Waals surface area contributed by atoms with E-state index in [2.05, 4.69) is 11.8 Å². The van der Waals surface area contributed by atoms with Crippen molar-refractivity contribution >= 4 is 17.2 Å². The summed E-state index contributed by atoms with van der Waals surface area (Å²) in [6.07, 6.45) is 0. The molecule has 0 saturated heterocycles. The summed E-state index contributed by atoms with van der Waals surface area (Å²) < 4.78 is 5.05. The summed E-state index contributed by atoms with van der Waals surface area (Å²) in [6.45, 7) is 4.18. The lowest BCUT2D eigenvalue weighted by Gasteiger charge is -2.23. The molecular formula is C14H19NO3S. The molecule has 0 aromatic carbocycles. The van der Waals surface area contributed by atoms with E-state index in [1.807, 2.05) is 19.9 Å². The number of hydrogen-bond acceptors (Lipinski definition) is 4. The minimum Gasteiger partial charge on any atom is -0.384 e.